The predicted molar refractivity (Wildman–Crippen MR) is 84.2 cm³/mol. The van der Waals surface area contributed by atoms with Crippen LogP contribution in [-0.4, -0.2) is 13.0 Å². The lowest BCUT2D eigenvalue weighted by Gasteiger charge is -2.09. The first-order chi connectivity index (χ1) is 9.47. The van der Waals surface area contributed by atoms with Gasteiger partial charge in [0, 0.05) is 27.5 Å². The number of nitrogens with two attached hydrogens (primary N) is 1. The van der Waals surface area contributed by atoms with Gasteiger partial charge in [0.15, 0.2) is 0 Å². The van der Waals surface area contributed by atoms with E-state index in [0.29, 0.717) is 17.0 Å². The zero-order chi connectivity index (χ0) is 14.7. The number of carbonyl (C=O) groups excluding carboxylic acids is 1. The number of rotatable bonds is 3. The fourth-order valence-corrected chi connectivity index (χ4v) is 2.49. The number of aryl methyl sites for hydroxylation is 1. The number of ether oxygens (including phenoxy) is 1. The van der Waals surface area contributed by atoms with Crippen molar-refractivity contribution in [2.75, 3.05) is 18.2 Å². The number of amides is 1. The molecule has 0 spiro atoms. The number of hydrogen-bond acceptors (Lipinski definition) is 3. The summed E-state index contributed by atoms with van der Waals surface area (Å²) in [5.74, 6) is 0.327. The maximum atomic E-state index is 12.2. The minimum Gasteiger partial charge on any atom is -0.497 e. The molecule has 20 heavy (non-hydrogen) atoms. The van der Waals surface area contributed by atoms with Crippen LogP contribution in [0.25, 0.3) is 0 Å². The van der Waals surface area contributed by atoms with Crippen LogP contribution < -0.4 is 15.8 Å². The highest BCUT2D eigenvalue weighted by Gasteiger charge is 2.09. The molecule has 0 bridgehead atoms. The summed E-state index contributed by atoms with van der Waals surface area (Å²) in [6.07, 6.45) is 0. The van der Waals surface area contributed by atoms with Gasteiger partial charge in [0.1, 0.15) is 5.75 Å². The Hall–Kier alpha value is -2.01. The van der Waals surface area contributed by atoms with Gasteiger partial charge in [0.2, 0.25) is 0 Å². The number of carbonyl (C=O) groups is 1. The average molecular weight is 335 g/mol. The second kappa shape index (κ2) is 5.96. The van der Waals surface area contributed by atoms with Gasteiger partial charge in [-0.1, -0.05) is 15.9 Å². The van der Waals surface area contributed by atoms with E-state index in [9.17, 15) is 4.79 Å². The van der Waals surface area contributed by atoms with E-state index in [1.54, 1.807) is 18.2 Å². The summed E-state index contributed by atoms with van der Waals surface area (Å²) in [4.78, 5) is 12.2. The van der Waals surface area contributed by atoms with Crippen molar-refractivity contribution in [3.8, 4) is 5.75 Å². The lowest BCUT2D eigenvalue weighted by Crippen LogP contribution is -2.12. The maximum absolute atomic E-state index is 12.2. The van der Waals surface area contributed by atoms with Crippen molar-refractivity contribution in [3.05, 3.63) is 52.0 Å². The molecule has 2 rings (SSSR count). The van der Waals surface area contributed by atoms with Gasteiger partial charge in [-0.2, -0.15) is 0 Å². The Kier molecular flexibility index (Phi) is 4.29. The van der Waals surface area contributed by atoms with Crippen LogP contribution in [0.1, 0.15) is 15.9 Å². The largest absolute Gasteiger partial charge is 0.497 e. The summed E-state index contributed by atoms with van der Waals surface area (Å²) in [6.45, 7) is 1.96. The molecular weight excluding hydrogens is 320 g/mol. The number of anilines is 2. The Morgan fingerprint density at radius 1 is 1.20 bits per heavy atom. The fourth-order valence-electron chi connectivity index (χ4n) is 1.88. The lowest BCUT2D eigenvalue weighted by atomic mass is 10.1. The van der Waals surface area contributed by atoms with E-state index >= 15 is 0 Å². The number of methoxy groups -OCH3 is 1. The molecular formula is C15H15BrN2O2. The van der Waals surface area contributed by atoms with E-state index in [2.05, 4.69) is 21.2 Å². The van der Waals surface area contributed by atoms with Gasteiger partial charge >= 0.3 is 0 Å². The third-order valence-corrected chi connectivity index (χ3v) is 3.18. The molecule has 0 heterocycles. The summed E-state index contributed by atoms with van der Waals surface area (Å²) in [5.41, 5.74) is 8.47. The fraction of sp³-hybridized carbons (Fsp3) is 0.133. The first-order valence-corrected chi connectivity index (χ1v) is 6.80. The highest BCUT2D eigenvalue weighted by atomic mass is 79.9. The van der Waals surface area contributed by atoms with E-state index in [0.717, 1.165) is 15.7 Å². The molecule has 104 valence electrons. The first kappa shape index (κ1) is 14.4. The first-order valence-electron chi connectivity index (χ1n) is 6.01. The van der Waals surface area contributed by atoms with E-state index in [1.165, 1.54) is 7.11 Å². The van der Waals surface area contributed by atoms with Crippen LogP contribution in [0, 0.1) is 6.92 Å². The molecule has 2 aromatic rings. The van der Waals surface area contributed by atoms with Crippen molar-refractivity contribution in [1.29, 1.82) is 0 Å². The average Bonchev–Trinajstić information content (AvgIpc) is 2.36. The molecule has 0 atom stereocenters. The molecule has 0 saturated heterocycles. The van der Waals surface area contributed by atoms with E-state index < -0.39 is 0 Å². The number of halogens is 1. The molecule has 5 heteroatoms. The Bertz CT molecular complexity index is 636. The summed E-state index contributed by atoms with van der Waals surface area (Å²) < 4.78 is 6.02. The highest BCUT2D eigenvalue weighted by molar-refractivity contribution is 9.10. The molecule has 0 aromatic heterocycles. The predicted octanol–water partition coefficient (Wildman–Crippen LogP) is 3.60. The highest BCUT2D eigenvalue weighted by Crippen LogP contribution is 2.22. The molecule has 2 aromatic carbocycles. The third-order valence-electron chi connectivity index (χ3n) is 2.73. The van der Waals surface area contributed by atoms with Gasteiger partial charge in [-0.3, -0.25) is 4.79 Å². The molecule has 0 radical (unpaired) electrons. The van der Waals surface area contributed by atoms with Crippen molar-refractivity contribution in [1.82, 2.24) is 0 Å². The molecule has 0 unspecified atom stereocenters. The Morgan fingerprint density at radius 2 is 1.95 bits per heavy atom. The van der Waals surface area contributed by atoms with Gasteiger partial charge in [0.05, 0.1) is 7.11 Å². The number of benzene rings is 2. The molecule has 0 saturated carbocycles. The van der Waals surface area contributed by atoms with Crippen LogP contribution in [0.3, 0.4) is 0 Å². The molecule has 0 fully saturated rings. The maximum Gasteiger partial charge on any atom is 0.255 e. The topological polar surface area (TPSA) is 64.3 Å². The molecule has 1 amide bonds. The quantitative estimate of drug-likeness (QED) is 0.843. The summed E-state index contributed by atoms with van der Waals surface area (Å²) >= 11 is 3.40. The second-order valence-corrected chi connectivity index (χ2v) is 5.38. The molecule has 4 nitrogen and oxygen atoms in total. The van der Waals surface area contributed by atoms with E-state index in [1.807, 2.05) is 25.1 Å². The van der Waals surface area contributed by atoms with Gasteiger partial charge in [-0.25, -0.2) is 0 Å². The third kappa shape index (κ3) is 3.51. The van der Waals surface area contributed by atoms with Crippen molar-refractivity contribution in [2.24, 2.45) is 0 Å². The molecule has 0 aliphatic carbocycles. The number of nitrogen functional groups attached to an aromatic ring is 1. The number of hydrogen-bond donors (Lipinski definition) is 2. The van der Waals surface area contributed by atoms with Gasteiger partial charge < -0.3 is 15.8 Å². The van der Waals surface area contributed by atoms with Crippen molar-refractivity contribution in [3.63, 3.8) is 0 Å². The monoisotopic (exact) mass is 334 g/mol. The van der Waals surface area contributed by atoms with Gasteiger partial charge in [-0.05, 0) is 42.8 Å². The minimum atomic E-state index is -0.229. The van der Waals surface area contributed by atoms with E-state index in [-0.39, 0.29) is 5.91 Å². The zero-order valence-electron chi connectivity index (χ0n) is 11.2. The Labute approximate surface area is 126 Å². The standard InChI is InChI=1S/C15H15BrN2O2/c1-9-3-11(16)7-13(4-9)18-15(19)10-5-12(17)8-14(6-10)20-2/h3-8H,17H2,1-2H3,(H,18,19). The normalized spacial score (nSPS) is 10.2. The van der Waals surface area contributed by atoms with Crippen LogP contribution in [0.2, 0.25) is 0 Å². The second-order valence-electron chi connectivity index (χ2n) is 4.47. The van der Waals surface area contributed by atoms with Crippen molar-refractivity contribution in [2.45, 2.75) is 6.92 Å². The van der Waals surface area contributed by atoms with Gasteiger partial charge in [0.25, 0.3) is 5.91 Å². The van der Waals surface area contributed by atoms with Crippen LogP contribution in [-0.2, 0) is 0 Å². The van der Waals surface area contributed by atoms with E-state index in [4.69, 9.17) is 10.5 Å². The van der Waals surface area contributed by atoms with Crippen LogP contribution in [0.15, 0.2) is 40.9 Å². The minimum absolute atomic E-state index is 0.229. The summed E-state index contributed by atoms with van der Waals surface area (Å²) in [7, 11) is 1.54. The van der Waals surface area contributed by atoms with Crippen LogP contribution in [0.4, 0.5) is 11.4 Å². The summed E-state index contributed by atoms with van der Waals surface area (Å²) in [5, 5.41) is 2.84. The molecule has 0 aliphatic heterocycles. The van der Waals surface area contributed by atoms with Gasteiger partial charge in [-0.15, -0.1) is 0 Å². The van der Waals surface area contributed by atoms with Crippen molar-refractivity contribution >= 4 is 33.2 Å². The van der Waals surface area contributed by atoms with Crippen molar-refractivity contribution < 1.29 is 9.53 Å². The zero-order valence-corrected chi connectivity index (χ0v) is 12.8. The Balaban J connectivity index is 2.25. The lowest BCUT2D eigenvalue weighted by molar-refractivity contribution is 0.102. The molecule has 0 aliphatic rings. The summed E-state index contributed by atoms with van der Waals surface area (Å²) in [6, 6.07) is 10.6. The number of nitrogens with one attached hydrogen (secondary N) is 1. The van der Waals surface area contributed by atoms with Crippen LogP contribution in [0.5, 0.6) is 5.75 Å². The smallest absolute Gasteiger partial charge is 0.255 e. The van der Waals surface area contributed by atoms with Crippen LogP contribution >= 0.6 is 15.9 Å². The SMILES string of the molecule is COc1cc(N)cc(C(=O)Nc2cc(C)cc(Br)c2)c1. The Morgan fingerprint density at radius 3 is 2.60 bits per heavy atom. The molecule has 3 N–H and O–H groups in total.